The van der Waals surface area contributed by atoms with Crippen molar-refractivity contribution in [3.05, 3.63) is 342 Å². The van der Waals surface area contributed by atoms with Crippen LogP contribution in [0, 0.1) is 0 Å². The lowest BCUT2D eigenvalue weighted by atomic mass is 9.67. The van der Waals surface area contributed by atoms with Gasteiger partial charge in [-0.2, -0.15) is 0 Å². The number of furan rings is 1. The van der Waals surface area contributed by atoms with Gasteiger partial charge in [0.1, 0.15) is 5.58 Å². The molecule has 0 amide bonds. The highest BCUT2D eigenvalue weighted by molar-refractivity contribution is 6.07. The van der Waals surface area contributed by atoms with Crippen LogP contribution in [0.25, 0.3) is 66.2 Å². The SMILES string of the molecule is c1ccc(C2(c3ccccc3)c3ccccc3-c3ccc(-c4ccc(N(c5ccc6c(c5)C(c5ccccc5)(c5ccccc5)c5ccccc5-6)c5ccc(-c6ccc7occc7c6)c6ccccc56)cc4)cc32)cc1. The minimum Gasteiger partial charge on any atom is -0.464 e. The molecular weight excluding hydrogens is 919 g/mol. The zero-order valence-corrected chi connectivity index (χ0v) is 41.6. The van der Waals surface area contributed by atoms with Gasteiger partial charge in [-0.05, 0) is 149 Å². The largest absolute Gasteiger partial charge is 0.464 e. The second-order valence-electron chi connectivity index (χ2n) is 20.3. The van der Waals surface area contributed by atoms with E-state index in [9.17, 15) is 0 Å². The van der Waals surface area contributed by atoms with E-state index in [4.69, 9.17) is 4.42 Å². The lowest BCUT2D eigenvalue weighted by Crippen LogP contribution is -2.28. The molecule has 2 nitrogen and oxygen atoms in total. The van der Waals surface area contributed by atoms with E-state index in [0.29, 0.717) is 0 Å². The summed E-state index contributed by atoms with van der Waals surface area (Å²) in [7, 11) is 0. The Bertz CT molecular complexity index is 4250. The first-order chi connectivity index (χ1) is 37.7. The first kappa shape index (κ1) is 43.8. The Morgan fingerprint density at radius 3 is 1.32 bits per heavy atom. The van der Waals surface area contributed by atoms with Gasteiger partial charge in [0.05, 0.1) is 22.8 Å². The van der Waals surface area contributed by atoms with Gasteiger partial charge in [-0.3, -0.25) is 0 Å². The molecule has 76 heavy (non-hydrogen) atoms. The molecule has 0 saturated carbocycles. The van der Waals surface area contributed by atoms with Gasteiger partial charge >= 0.3 is 0 Å². The lowest BCUT2D eigenvalue weighted by Gasteiger charge is -2.35. The summed E-state index contributed by atoms with van der Waals surface area (Å²) < 4.78 is 5.78. The molecule has 0 aliphatic heterocycles. The van der Waals surface area contributed by atoms with Gasteiger partial charge in [-0.25, -0.2) is 0 Å². The Morgan fingerprint density at radius 2 is 0.724 bits per heavy atom. The minimum absolute atomic E-state index is 0.485. The van der Waals surface area contributed by atoms with Gasteiger partial charge in [0.2, 0.25) is 0 Å². The van der Waals surface area contributed by atoms with Crippen molar-refractivity contribution >= 4 is 38.8 Å². The van der Waals surface area contributed by atoms with Gasteiger partial charge in [0.15, 0.2) is 0 Å². The molecule has 13 aromatic rings. The molecule has 0 bridgehead atoms. The van der Waals surface area contributed by atoms with E-state index in [1.54, 1.807) is 6.26 Å². The third-order valence-corrected chi connectivity index (χ3v) is 16.5. The molecule has 1 aromatic heterocycles. The van der Waals surface area contributed by atoms with Crippen molar-refractivity contribution in [2.45, 2.75) is 10.8 Å². The summed E-state index contributed by atoms with van der Waals surface area (Å²) >= 11 is 0. The fraction of sp³-hybridized carbons (Fsp3) is 0.0270. The smallest absolute Gasteiger partial charge is 0.133 e. The van der Waals surface area contributed by atoms with Gasteiger partial charge in [-0.1, -0.05) is 237 Å². The highest BCUT2D eigenvalue weighted by atomic mass is 16.3. The highest BCUT2D eigenvalue weighted by Gasteiger charge is 2.47. The molecule has 15 rings (SSSR count). The maximum absolute atomic E-state index is 5.78. The Balaban J connectivity index is 0.931. The first-order valence-corrected chi connectivity index (χ1v) is 26.3. The molecule has 0 atom stereocenters. The van der Waals surface area contributed by atoms with E-state index in [2.05, 4.69) is 290 Å². The van der Waals surface area contributed by atoms with Gasteiger partial charge in [-0.15, -0.1) is 0 Å². The van der Waals surface area contributed by atoms with Crippen LogP contribution >= 0.6 is 0 Å². The van der Waals surface area contributed by atoms with E-state index in [0.717, 1.165) is 44.5 Å². The van der Waals surface area contributed by atoms with Crippen molar-refractivity contribution in [3.63, 3.8) is 0 Å². The fourth-order valence-electron chi connectivity index (χ4n) is 13.3. The Labute approximate surface area is 443 Å². The third-order valence-electron chi connectivity index (χ3n) is 16.5. The zero-order valence-electron chi connectivity index (χ0n) is 41.6. The second kappa shape index (κ2) is 17.4. The van der Waals surface area contributed by atoms with Gasteiger partial charge in [0, 0.05) is 22.1 Å². The van der Waals surface area contributed by atoms with Crippen LogP contribution in [0.1, 0.15) is 44.5 Å². The van der Waals surface area contributed by atoms with E-state index in [1.165, 1.54) is 83.3 Å². The average molecular weight is 968 g/mol. The summed E-state index contributed by atoms with van der Waals surface area (Å²) in [5.41, 5.74) is 23.0. The van der Waals surface area contributed by atoms with Crippen LogP contribution in [0.15, 0.2) is 302 Å². The third kappa shape index (κ3) is 6.47. The Hall–Kier alpha value is -9.76. The normalized spacial score (nSPS) is 13.5. The van der Waals surface area contributed by atoms with Gasteiger partial charge < -0.3 is 9.32 Å². The van der Waals surface area contributed by atoms with Crippen LogP contribution < -0.4 is 4.90 Å². The molecule has 2 heteroatoms. The molecule has 0 spiro atoms. The van der Waals surface area contributed by atoms with Crippen LogP contribution in [0.3, 0.4) is 0 Å². The number of hydrogen-bond donors (Lipinski definition) is 0. The van der Waals surface area contributed by atoms with Crippen molar-refractivity contribution in [1.29, 1.82) is 0 Å². The number of benzene rings is 12. The number of nitrogens with zero attached hydrogens (tertiary/aromatic N) is 1. The summed E-state index contributed by atoms with van der Waals surface area (Å²) in [4.78, 5) is 2.48. The van der Waals surface area contributed by atoms with Crippen molar-refractivity contribution in [2.24, 2.45) is 0 Å². The predicted molar refractivity (Wildman–Crippen MR) is 314 cm³/mol. The molecule has 0 N–H and O–H groups in total. The molecular formula is C74H49NO. The summed E-state index contributed by atoms with van der Waals surface area (Å²) in [6, 6.07) is 108. The first-order valence-electron chi connectivity index (χ1n) is 26.3. The van der Waals surface area contributed by atoms with Crippen molar-refractivity contribution in [2.75, 3.05) is 4.90 Å². The molecule has 0 fully saturated rings. The van der Waals surface area contributed by atoms with E-state index < -0.39 is 10.8 Å². The molecule has 0 unspecified atom stereocenters. The van der Waals surface area contributed by atoms with Crippen LogP contribution in [0.2, 0.25) is 0 Å². The number of anilines is 3. The van der Waals surface area contributed by atoms with Crippen molar-refractivity contribution in [3.8, 4) is 44.5 Å². The molecule has 0 radical (unpaired) electrons. The average Bonchev–Trinajstić information content (AvgIpc) is 4.19. The maximum Gasteiger partial charge on any atom is 0.133 e. The topological polar surface area (TPSA) is 16.4 Å². The molecule has 2 aliphatic carbocycles. The van der Waals surface area contributed by atoms with Crippen LogP contribution in [0.5, 0.6) is 0 Å². The quantitative estimate of drug-likeness (QED) is 0.143. The minimum atomic E-state index is -0.556. The monoisotopic (exact) mass is 967 g/mol. The maximum atomic E-state index is 5.78. The van der Waals surface area contributed by atoms with Crippen molar-refractivity contribution < 1.29 is 4.42 Å². The Kier molecular flexibility index (Phi) is 10.0. The number of hydrogen-bond acceptors (Lipinski definition) is 2. The molecule has 356 valence electrons. The molecule has 0 saturated heterocycles. The standard InChI is InChI=1S/C74H49NO/c1-5-19-54(20-6-1)73(55-21-7-2-8-22-55)67-31-17-15-28-62(67)64-40-35-51(48-69(64)73)50-33-37-58(38-34-50)75(71-43-42-60(61-27-13-14-30-66(61)71)52-36-44-72-53(47-52)45-46-76-72)59-39-41-65-63-29-16-18-32-68(63)74(70(65)49-59,56-23-9-3-10-24-56)57-25-11-4-12-26-57/h1-49H. The van der Waals surface area contributed by atoms with Gasteiger partial charge in [0.25, 0.3) is 0 Å². The highest BCUT2D eigenvalue weighted by Crippen LogP contribution is 2.59. The molecule has 1 heterocycles. The van der Waals surface area contributed by atoms with Crippen molar-refractivity contribution in [1.82, 2.24) is 0 Å². The van der Waals surface area contributed by atoms with E-state index in [-0.39, 0.29) is 0 Å². The second-order valence-corrected chi connectivity index (χ2v) is 20.3. The van der Waals surface area contributed by atoms with Crippen LogP contribution in [-0.4, -0.2) is 0 Å². The Morgan fingerprint density at radius 1 is 0.276 bits per heavy atom. The zero-order chi connectivity index (χ0) is 50.2. The van der Waals surface area contributed by atoms with E-state index >= 15 is 0 Å². The molecule has 2 aliphatic rings. The summed E-state index contributed by atoms with van der Waals surface area (Å²) in [6.07, 6.45) is 1.77. The van der Waals surface area contributed by atoms with E-state index in [1.807, 2.05) is 6.07 Å². The lowest BCUT2D eigenvalue weighted by molar-refractivity contribution is 0.616. The fourth-order valence-corrected chi connectivity index (χ4v) is 13.3. The molecule has 12 aromatic carbocycles. The number of fused-ring (bicyclic) bond motifs is 8. The van der Waals surface area contributed by atoms with Crippen LogP contribution in [-0.2, 0) is 10.8 Å². The summed E-state index contributed by atoms with van der Waals surface area (Å²) in [5, 5.41) is 3.43. The number of rotatable bonds is 9. The van der Waals surface area contributed by atoms with Crippen LogP contribution in [0.4, 0.5) is 17.1 Å². The summed E-state index contributed by atoms with van der Waals surface area (Å²) in [6.45, 7) is 0. The summed E-state index contributed by atoms with van der Waals surface area (Å²) in [5.74, 6) is 0. The predicted octanol–water partition coefficient (Wildman–Crippen LogP) is 19.1.